The Balaban J connectivity index is 1.53. The van der Waals surface area contributed by atoms with Crippen LogP contribution in [0.25, 0.3) is 0 Å². The fraction of sp³-hybridized carbons (Fsp3) is 0.360. The van der Waals surface area contributed by atoms with Gasteiger partial charge in [-0.2, -0.15) is 0 Å². The highest BCUT2D eigenvalue weighted by atomic mass is 16.5. The fourth-order valence-electron chi connectivity index (χ4n) is 3.77. The number of carbonyl (C=O) groups is 4. The quantitative estimate of drug-likeness (QED) is 0.569. The third-order valence-electron chi connectivity index (χ3n) is 5.61. The number of anilines is 2. The van der Waals surface area contributed by atoms with Crippen molar-refractivity contribution >= 4 is 35.1 Å². The Morgan fingerprint density at radius 1 is 1.09 bits per heavy atom. The summed E-state index contributed by atoms with van der Waals surface area (Å²) in [5.74, 6) is -1.53. The molecule has 0 saturated carbocycles. The summed E-state index contributed by atoms with van der Waals surface area (Å²) in [6, 6.07) is 13.6. The second kappa shape index (κ2) is 11.3. The zero-order valence-electron chi connectivity index (χ0n) is 19.6. The lowest BCUT2D eigenvalue weighted by atomic mass is 10.1. The molecule has 0 radical (unpaired) electrons. The molecule has 3 rings (SSSR count). The number of hydrogen-bond acceptors (Lipinski definition) is 6. The van der Waals surface area contributed by atoms with Crippen LogP contribution in [0.4, 0.5) is 11.4 Å². The van der Waals surface area contributed by atoms with Gasteiger partial charge in [0.15, 0.2) is 6.61 Å². The van der Waals surface area contributed by atoms with E-state index in [4.69, 9.17) is 9.47 Å². The van der Waals surface area contributed by atoms with Crippen molar-refractivity contribution in [3.63, 3.8) is 0 Å². The molecule has 1 heterocycles. The highest BCUT2D eigenvalue weighted by Crippen LogP contribution is 2.28. The SMILES string of the molecule is CCN(CC)C(=O)c1cccc(NC(=O)COC(=O)C2CC(=O)N(c3cccc(OC)c3)C2)c1. The summed E-state index contributed by atoms with van der Waals surface area (Å²) in [7, 11) is 1.54. The second-order valence-electron chi connectivity index (χ2n) is 7.82. The zero-order chi connectivity index (χ0) is 24.7. The number of nitrogens with zero attached hydrogens (tertiary/aromatic N) is 2. The van der Waals surface area contributed by atoms with Crippen LogP contribution >= 0.6 is 0 Å². The van der Waals surface area contributed by atoms with Gasteiger partial charge in [0.05, 0.1) is 13.0 Å². The van der Waals surface area contributed by atoms with Gasteiger partial charge < -0.3 is 24.6 Å². The molecule has 1 fully saturated rings. The third kappa shape index (κ3) is 5.92. The highest BCUT2D eigenvalue weighted by molar-refractivity contribution is 6.00. The lowest BCUT2D eigenvalue weighted by molar-refractivity contribution is -0.151. The zero-order valence-corrected chi connectivity index (χ0v) is 19.6. The number of esters is 1. The molecule has 0 spiro atoms. The molecule has 1 saturated heterocycles. The van der Waals surface area contributed by atoms with Gasteiger partial charge in [0.2, 0.25) is 5.91 Å². The summed E-state index contributed by atoms with van der Waals surface area (Å²) >= 11 is 0. The summed E-state index contributed by atoms with van der Waals surface area (Å²) in [6.07, 6.45) is 0.00712. The largest absolute Gasteiger partial charge is 0.497 e. The molecule has 1 aliphatic heterocycles. The number of rotatable bonds is 9. The van der Waals surface area contributed by atoms with Crippen molar-refractivity contribution in [2.45, 2.75) is 20.3 Å². The smallest absolute Gasteiger partial charge is 0.311 e. The first-order valence-corrected chi connectivity index (χ1v) is 11.2. The summed E-state index contributed by atoms with van der Waals surface area (Å²) < 4.78 is 10.3. The Bertz CT molecular complexity index is 1070. The van der Waals surface area contributed by atoms with Crippen LogP contribution in [-0.4, -0.2) is 61.9 Å². The topological polar surface area (TPSA) is 105 Å². The van der Waals surface area contributed by atoms with Crippen molar-refractivity contribution in [2.24, 2.45) is 5.92 Å². The van der Waals surface area contributed by atoms with Gasteiger partial charge in [0.25, 0.3) is 11.8 Å². The van der Waals surface area contributed by atoms with Crippen LogP contribution in [0.5, 0.6) is 5.75 Å². The third-order valence-corrected chi connectivity index (χ3v) is 5.61. The van der Waals surface area contributed by atoms with E-state index in [0.29, 0.717) is 35.8 Å². The van der Waals surface area contributed by atoms with Crippen molar-refractivity contribution in [3.8, 4) is 5.75 Å². The Morgan fingerprint density at radius 3 is 2.53 bits per heavy atom. The molecule has 2 aromatic carbocycles. The molecule has 9 heteroatoms. The molecule has 1 unspecified atom stereocenters. The Morgan fingerprint density at radius 2 is 1.82 bits per heavy atom. The van der Waals surface area contributed by atoms with Crippen molar-refractivity contribution in [3.05, 3.63) is 54.1 Å². The molecule has 0 aliphatic carbocycles. The predicted molar refractivity (Wildman–Crippen MR) is 127 cm³/mol. The Hall–Kier alpha value is -3.88. The summed E-state index contributed by atoms with van der Waals surface area (Å²) in [6.45, 7) is 4.64. The summed E-state index contributed by atoms with van der Waals surface area (Å²) in [5, 5.41) is 2.64. The fourth-order valence-corrected chi connectivity index (χ4v) is 3.77. The predicted octanol–water partition coefficient (Wildman–Crippen LogP) is 2.71. The standard InChI is InChI=1S/C25H29N3O6/c1-4-27(5-2)24(31)17-8-6-9-19(12-17)26-22(29)16-34-25(32)18-13-23(30)28(15-18)20-10-7-11-21(14-20)33-3/h6-12,14,18H,4-5,13,15-16H2,1-3H3,(H,26,29). The number of carbonyl (C=O) groups excluding carboxylic acids is 4. The van der Waals surface area contributed by atoms with Crippen LogP contribution in [-0.2, 0) is 19.1 Å². The van der Waals surface area contributed by atoms with Gasteiger partial charge in [-0.1, -0.05) is 12.1 Å². The van der Waals surface area contributed by atoms with Gasteiger partial charge in [0.1, 0.15) is 5.75 Å². The molecule has 9 nitrogen and oxygen atoms in total. The maximum Gasteiger partial charge on any atom is 0.311 e. The molecule has 1 N–H and O–H groups in total. The van der Waals surface area contributed by atoms with E-state index in [-0.39, 0.29) is 24.8 Å². The van der Waals surface area contributed by atoms with Gasteiger partial charge in [-0.05, 0) is 44.2 Å². The first-order chi connectivity index (χ1) is 16.4. The molecule has 34 heavy (non-hydrogen) atoms. The molecule has 180 valence electrons. The number of nitrogens with one attached hydrogen (secondary N) is 1. The number of amides is 3. The Labute approximate surface area is 198 Å². The molecule has 1 atom stereocenters. The van der Waals surface area contributed by atoms with Crippen LogP contribution in [0.2, 0.25) is 0 Å². The molecular weight excluding hydrogens is 438 g/mol. The highest BCUT2D eigenvalue weighted by Gasteiger charge is 2.36. The van der Waals surface area contributed by atoms with Crippen molar-refractivity contribution in [1.29, 1.82) is 0 Å². The van der Waals surface area contributed by atoms with Gasteiger partial charge in [-0.25, -0.2) is 0 Å². The van der Waals surface area contributed by atoms with E-state index in [1.54, 1.807) is 53.4 Å². The van der Waals surface area contributed by atoms with Gasteiger partial charge in [-0.3, -0.25) is 19.2 Å². The van der Waals surface area contributed by atoms with Crippen molar-refractivity contribution < 1.29 is 28.7 Å². The second-order valence-corrected chi connectivity index (χ2v) is 7.82. The lowest BCUT2D eigenvalue weighted by Crippen LogP contribution is -2.30. The molecule has 0 bridgehead atoms. The first kappa shape index (κ1) is 24.8. The normalized spacial score (nSPS) is 15.1. The van der Waals surface area contributed by atoms with Crippen LogP contribution in [0.1, 0.15) is 30.6 Å². The van der Waals surface area contributed by atoms with E-state index in [2.05, 4.69) is 5.32 Å². The van der Waals surface area contributed by atoms with Crippen molar-refractivity contribution in [2.75, 3.05) is 43.6 Å². The average Bonchev–Trinajstić information content (AvgIpc) is 3.25. The van der Waals surface area contributed by atoms with E-state index in [0.717, 1.165) is 0 Å². The minimum atomic E-state index is -0.665. The van der Waals surface area contributed by atoms with Crippen molar-refractivity contribution in [1.82, 2.24) is 4.90 Å². The maximum atomic E-state index is 12.5. The van der Waals surface area contributed by atoms with E-state index in [1.807, 2.05) is 13.8 Å². The molecule has 1 aliphatic rings. The Kier molecular flexibility index (Phi) is 8.24. The van der Waals surface area contributed by atoms with E-state index >= 15 is 0 Å². The number of methoxy groups -OCH3 is 1. The van der Waals surface area contributed by atoms with E-state index in [1.165, 1.54) is 12.0 Å². The maximum absolute atomic E-state index is 12.5. The first-order valence-electron chi connectivity index (χ1n) is 11.2. The minimum absolute atomic E-state index is 0.00712. The van der Waals surface area contributed by atoms with Crippen LogP contribution in [0.3, 0.4) is 0 Å². The van der Waals surface area contributed by atoms with Gasteiger partial charge >= 0.3 is 5.97 Å². The minimum Gasteiger partial charge on any atom is -0.497 e. The lowest BCUT2D eigenvalue weighted by Gasteiger charge is -2.19. The monoisotopic (exact) mass is 467 g/mol. The van der Waals surface area contributed by atoms with Gasteiger partial charge in [-0.15, -0.1) is 0 Å². The van der Waals surface area contributed by atoms with E-state index < -0.39 is 24.4 Å². The molecule has 3 amide bonds. The van der Waals surface area contributed by atoms with Crippen LogP contribution in [0, 0.1) is 5.92 Å². The number of hydrogen-bond donors (Lipinski definition) is 1. The molecular formula is C25H29N3O6. The van der Waals surface area contributed by atoms with Crippen LogP contribution < -0.4 is 15.0 Å². The molecule has 2 aromatic rings. The van der Waals surface area contributed by atoms with E-state index in [9.17, 15) is 19.2 Å². The van der Waals surface area contributed by atoms with Gasteiger partial charge in [0, 0.05) is 49.1 Å². The summed E-state index contributed by atoms with van der Waals surface area (Å²) in [5.41, 5.74) is 1.52. The van der Waals surface area contributed by atoms with Crippen LogP contribution in [0.15, 0.2) is 48.5 Å². The number of benzene rings is 2. The average molecular weight is 468 g/mol. The number of ether oxygens (including phenoxy) is 2. The molecule has 0 aromatic heterocycles. The summed E-state index contributed by atoms with van der Waals surface area (Å²) in [4.78, 5) is 52.9.